The summed E-state index contributed by atoms with van der Waals surface area (Å²) in [6.45, 7) is 4.86. The van der Waals surface area contributed by atoms with E-state index >= 15 is 0 Å². The average Bonchev–Trinajstić information content (AvgIpc) is 3.62. The van der Waals surface area contributed by atoms with Crippen molar-refractivity contribution < 1.29 is 41.8 Å². The van der Waals surface area contributed by atoms with Crippen molar-refractivity contribution >= 4 is 62.7 Å². The SMILES string of the molecule is CC(C)(O)c1cc2nc(C3CCCCC3)sc2cc1NC(=O)c1ccnc(C(F)(F)F)n1.CN(C)c1ccccc1N(C=O)C1CCC(=O)NC1=O.CN1CCCC(F)C1. The highest BCUT2D eigenvalue weighted by atomic mass is 32.1. The molecule has 4 amide bonds. The molecule has 3 N–H and O–H groups in total. The minimum atomic E-state index is -4.76. The fraction of sp³-hybridized carbons (Fsp3) is 0.500. The summed E-state index contributed by atoms with van der Waals surface area (Å²) in [6.07, 6.45) is 4.36. The number of aromatic nitrogens is 3. The zero-order valence-corrected chi connectivity index (χ0v) is 35.2. The number of nitrogens with zero attached hydrogens (tertiary/aromatic N) is 6. The molecule has 2 atom stereocenters. The lowest BCUT2D eigenvalue weighted by molar-refractivity contribution is -0.145. The molecule has 1 aliphatic carbocycles. The summed E-state index contributed by atoms with van der Waals surface area (Å²) >= 11 is 1.55. The number of rotatable bonds is 8. The number of alkyl halides is 4. The van der Waals surface area contributed by atoms with Crippen molar-refractivity contribution in [1.29, 1.82) is 0 Å². The van der Waals surface area contributed by atoms with Gasteiger partial charge in [0.05, 0.1) is 32.2 Å². The Morgan fingerprint density at radius 3 is 2.28 bits per heavy atom. The molecule has 0 radical (unpaired) electrons. The number of piperidine rings is 2. The molecule has 0 spiro atoms. The maximum atomic E-state index is 12.9. The van der Waals surface area contributed by atoms with Gasteiger partial charge in [0.1, 0.15) is 17.9 Å². The molecule has 3 fully saturated rings. The standard InChI is InChI=1S/C22H23F3N4O2S.C14H17N3O3.C6H12FN/c1-21(2,31)13-10-16-17(32-19(28-16)12-6-4-3-5-7-12)11-15(13)27-18(30)14-8-9-26-20(29-14)22(23,24)25;1-16(2)10-5-3-4-6-11(10)17(9-18)12-7-8-13(19)15-14(12)20;1-8-4-2-3-6(7)5-8/h8-12,31H,3-7H2,1-2H3,(H,27,30);3-6,9,12H,7-8H2,1-2H3,(H,15,19,20);6H,2-5H2,1H3. The number of hydrogen-bond acceptors (Lipinski definition) is 11. The Bertz CT molecular complexity index is 2130. The Morgan fingerprint density at radius 1 is 1.00 bits per heavy atom. The summed E-state index contributed by atoms with van der Waals surface area (Å²) in [7, 11) is 5.70. The molecule has 0 bridgehead atoms. The Balaban J connectivity index is 0.000000206. The van der Waals surface area contributed by atoms with Gasteiger partial charge in [0.2, 0.25) is 24.0 Å². The third-order valence-corrected chi connectivity index (χ3v) is 11.6. The van der Waals surface area contributed by atoms with E-state index in [2.05, 4.69) is 20.6 Å². The number of benzene rings is 2. The molecule has 4 heterocycles. The van der Waals surface area contributed by atoms with Crippen LogP contribution in [0.1, 0.15) is 104 Å². The van der Waals surface area contributed by atoms with E-state index in [-0.39, 0.29) is 12.3 Å². The number of fused-ring (bicyclic) bond motifs is 1. The smallest absolute Gasteiger partial charge is 0.386 e. The predicted molar refractivity (Wildman–Crippen MR) is 223 cm³/mol. The molecule has 1 saturated carbocycles. The van der Waals surface area contributed by atoms with E-state index in [9.17, 15) is 41.8 Å². The van der Waals surface area contributed by atoms with Gasteiger partial charge in [-0.2, -0.15) is 13.2 Å². The second-order valence-corrected chi connectivity index (χ2v) is 17.0. The molecule has 13 nitrogen and oxygen atoms in total. The lowest BCUT2D eigenvalue weighted by atomic mass is 9.90. The zero-order chi connectivity index (χ0) is 43.8. The third kappa shape index (κ3) is 12.0. The lowest BCUT2D eigenvalue weighted by Crippen LogP contribution is -2.52. The van der Waals surface area contributed by atoms with E-state index in [0.29, 0.717) is 42.2 Å². The van der Waals surface area contributed by atoms with Crippen molar-refractivity contribution in [3.05, 3.63) is 70.8 Å². The van der Waals surface area contributed by atoms with Crippen LogP contribution in [0, 0.1) is 0 Å². The van der Waals surface area contributed by atoms with Gasteiger partial charge < -0.3 is 25.1 Å². The molecular formula is C42H52F4N8O5S. The Kier molecular flexibility index (Phi) is 15.3. The molecule has 2 aliphatic heterocycles. The highest BCUT2D eigenvalue weighted by molar-refractivity contribution is 7.18. The number of halogens is 4. The lowest BCUT2D eigenvalue weighted by Gasteiger charge is -2.32. The Morgan fingerprint density at radius 2 is 1.70 bits per heavy atom. The van der Waals surface area contributed by atoms with Crippen LogP contribution < -0.4 is 20.4 Å². The van der Waals surface area contributed by atoms with Crippen molar-refractivity contribution in [3.8, 4) is 0 Å². The van der Waals surface area contributed by atoms with Gasteiger partial charge in [-0.25, -0.2) is 19.3 Å². The Hall–Kier alpha value is -5.07. The van der Waals surface area contributed by atoms with Crippen LogP contribution in [0.5, 0.6) is 0 Å². The van der Waals surface area contributed by atoms with Crippen LogP contribution >= 0.6 is 11.3 Å². The third-order valence-electron chi connectivity index (χ3n) is 10.4. The van der Waals surface area contributed by atoms with Crippen LogP contribution in [0.3, 0.4) is 0 Å². The van der Waals surface area contributed by atoms with E-state index in [1.807, 2.05) is 49.1 Å². The molecular weight excluding hydrogens is 805 g/mol. The maximum Gasteiger partial charge on any atom is 0.451 e. The average molecular weight is 857 g/mol. The number of hydrogen-bond donors (Lipinski definition) is 3. The molecule has 7 rings (SSSR count). The van der Waals surface area contributed by atoms with Gasteiger partial charge in [0.25, 0.3) is 5.91 Å². The van der Waals surface area contributed by atoms with E-state index < -0.39 is 47.3 Å². The first-order valence-corrected chi connectivity index (χ1v) is 20.7. The highest BCUT2D eigenvalue weighted by Gasteiger charge is 2.36. The number of anilines is 3. The number of nitrogens with one attached hydrogen (secondary N) is 2. The number of thiazole rings is 1. The molecule has 324 valence electrons. The van der Waals surface area contributed by atoms with E-state index in [0.717, 1.165) is 65.4 Å². The second-order valence-electron chi connectivity index (χ2n) is 15.9. The van der Waals surface area contributed by atoms with E-state index in [4.69, 9.17) is 4.98 Å². The largest absolute Gasteiger partial charge is 0.451 e. The first kappa shape index (κ1) is 46.0. The molecule has 2 saturated heterocycles. The van der Waals surface area contributed by atoms with Crippen LogP contribution in [0.15, 0.2) is 48.7 Å². The summed E-state index contributed by atoms with van der Waals surface area (Å²) in [5, 5.41) is 16.6. The maximum absolute atomic E-state index is 12.9. The molecule has 3 aliphatic rings. The van der Waals surface area contributed by atoms with Crippen LogP contribution in [0.2, 0.25) is 0 Å². The molecule has 2 aromatic heterocycles. The van der Waals surface area contributed by atoms with Gasteiger partial charge in [0, 0.05) is 50.4 Å². The number of aliphatic hydroxyl groups is 1. The minimum absolute atomic E-state index is 0.241. The van der Waals surface area contributed by atoms with Crippen molar-refractivity contribution in [2.24, 2.45) is 0 Å². The second kappa shape index (κ2) is 20.0. The van der Waals surface area contributed by atoms with Crippen molar-refractivity contribution in [2.45, 2.75) is 102 Å². The quantitative estimate of drug-likeness (QED) is 0.0940. The first-order chi connectivity index (χ1) is 28.3. The number of para-hydroxylation sites is 2. The number of carbonyl (C=O) groups excluding carboxylic acids is 4. The molecule has 18 heteroatoms. The normalized spacial score (nSPS) is 19.0. The summed E-state index contributed by atoms with van der Waals surface area (Å²) < 4.78 is 52.0. The highest BCUT2D eigenvalue weighted by Crippen LogP contribution is 2.40. The first-order valence-electron chi connectivity index (χ1n) is 19.9. The van der Waals surface area contributed by atoms with Crippen LogP contribution in [0.25, 0.3) is 10.2 Å². The Labute approximate surface area is 350 Å². The van der Waals surface area contributed by atoms with Gasteiger partial charge in [-0.05, 0) is 89.9 Å². The summed E-state index contributed by atoms with van der Waals surface area (Å²) in [4.78, 5) is 63.8. The number of carbonyl (C=O) groups is 4. The van der Waals surface area contributed by atoms with E-state index in [1.54, 1.807) is 43.4 Å². The van der Waals surface area contributed by atoms with Gasteiger partial charge in [-0.1, -0.05) is 31.4 Å². The van der Waals surface area contributed by atoms with Gasteiger partial charge in [0.15, 0.2) is 0 Å². The van der Waals surface area contributed by atoms with E-state index in [1.165, 1.54) is 24.2 Å². The van der Waals surface area contributed by atoms with Crippen LogP contribution in [-0.2, 0) is 26.2 Å². The summed E-state index contributed by atoms with van der Waals surface area (Å²) in [5.41, 5.74) is 1.22. The molecule has 2 unspecified atom stereocenters. The fourth-order valence-electron chi connectivity index (χ4n) is 7.34. The fourth-order valence-corrected chi connectivity index (χ4v) is 8.50. The van der Waals surface area contributed by atoms with Crippen molar-refractivity contribution in [1.82, 2.24) is 25.2 Å². The molecule has 2 aromatic carbocycles. The van der Waals surface area contributed by atoms with Crippen molar-refractivity contribution in [3.63, 3.8) is 0 Å². The monoisotopic (exact) mass is 856 g/mol. The van der Waals surface area contributed by atoms with Gasteiger partial charge in [-0.15, -0.1) is 11.3 Å². The number of likely N-dealkylation sites (tertiary alicyclic amines) is 1. The van der Waals surface area contributed by atoms with Gasteiger partial charge in [-0.3, -0.25) is 24.5 Å². The van der Waals surface area contributed by atoms with Crippen molar-refractivity contribution in [2.75, 3.05) is 49.3 Å². The zero-order valence-electron chi connectivity index (χ0n) is 34.4. The summed E-state index contributed by atoms with van der Waals surface area (Å²) in [6, 6.07) is 11.3. The summed E-state index contributed by atoms with van der Waals surface area (Å²) in [5.74, 6) is -2.52. The molecule has 4 aromatic rings. The topological polar surface area (TPSA) is 161 Å². The number of amides is 4. The van der Waals surface area contributed by atoms with Crippen LogP contribution in [-0.4, -0.2) is 95.5 Å². The van der Waals surface area contributed by atoms with Gasteiger partial charge >= 0.3 is 6.18 Å². The van der Waals surface area contributed by atoms with Crippen LogP contribution in [0.4, 0.5) is 34.6 Å². The minimum Gasteiger partial charge on any atom is -0.386 e. The number of imide groups is 1. The molecule has 60 heavy (non-hydrogen) atoms. The predicted octanol–water partition coefficient (Wildman–Crippen LogP) is 7.20.